The van der Waals surface area contributed by atoms with Crippen molar-refractivity contribution in [3.63, 3.8) is 0 Å². The maximum absolute atomic E-state index is 13.4. The Labute approximate surface area is 141 Å². The molecule has 2 unspecified atom stereocenters. The van der Waals surface area contributed by atoms with Gasteiger partial charge in [-0.05, 0) is 40.5 Å². The summed E-state index contributed by atoms with van der Waals surface area (Å²) in [6, 6.07) is 0. The molecule has 24 heavy (non-hydrogen) atoms. The summed E-state index contributed by atoms with van der Waals surface area (Å²) in [5, 5.41) is 0. The van der Waals surface area contributed by atoms with E-state index in [1.54, 1.807) is 20.8 Å². The highest BCUT2D eigenvalue weighted by molar-refractivity contribution is 6.15. The van der Waals surface area contributed by atoms with Crippen LogP contribution >= 0.6 is 0 Å². The predicted octanol–water partition coefficient (Wildman–Crippen LogP) is 1.57. The van der Waals surface area contributed by atoms with Crippen molar-refractivity contribution in [2.75, 3.05) is 26.4 Å². The summed E-state index contributed by atoms with van der Waals surface area (Å²) in [6.45, 7) is 8.15. The van der Waals surface area contributed by atoms with Crippen LogP contribution in [-0.2, 0) is 33.3 Å². The van der Waals surface area contributed by atoms with E-state index in [1.165, 1.54) is 0 Å². The fraction of sp³-hybridized carbons (Fsp3) is 0.882. The fourth-order valence-corrected chi connectivity index (χ4v) is 4.31. The van der Waals surface area contributed by atoms with E-state index in [9.17, 15) is 9.59 Å². The van der Waals surface area contributed by atoms with Crippen LogP contribution in [0.15, 0.2) is 0 Å². The van der Waals surface area contributed by atoms with Crippen molar-refractivity contribution in [2.24, 2.45) is 5.41 Å². The van der Waals surface area contributed by atoms with Gasteiger partial charge in [0.1, 0.15) is 0 Å². The van der Waals surface area contributed by atoms with Crippen LogP contribution in [0.5, 0.6) is 0 Å². The van der Waals surface area contributed by atoms with Crippen LogP contribution in [0.3, 0.4) is 0 Å². The highest BCUT2D eigenvalue weighted by Gasteiger charge is 2.91. The number of hydrogen-bond donors (Lipinski definition) is 0. The van der Waals surface area contributed by atoms with E-state index in [0.29, 0.717) is 19.4 Å². The van der Waals surface area contributed by atoms with Gasteiger partial charge in [0.2, 0.25) is 5.79 Å². The summed E-state index contributed by atoms with van der Waals surface area (Å²) >= 11 is 0. The maximum Gasteiger partial charge on any atom is 0.352 e. The molecule has 2 heterocycles. The third-order valence-corrected chi connectivity index (χ3v) is 5.25. The number of esters is 1. The van der Waals surface area contributed by atoms with Gasteiger partial charge in [0.25, 0.3) is 5.60 Å². The molecule has 1 spiro atoms. The normalized spacial score (nSPS) is 34.8. The Bertz CT molecular complexity index is 535. The van der Waals surface area contributed by atoms with Gasteiger partial charge < -0.3 is 23.7 Å². The van der Waals surface area contributed by atoms with Crippen LogP contribution in [0.1, 0.15) is 47.0 Å². The second-order valence-corrected chi connectivity index (χ2v) is 6.40. The number of carbonyl (C=O) groups is 2. The Kier molecular flexibility index (Phi) is 4.27. The summed E-state index contributed by atoms with van der Waals surface area (Å²) in [5.74, 6) is -3.77. The molecule has 136 valence electrons. The molecule has 1 saturated carbocycles. The molecule has 1 aliphatic carbocycles. The molecule has 3 aliphatic rings. The summed E-state index contributed by atoms with van der Waals surface area (Å²) in [5.41, 5.74) is -2.70. The van der Waals surface area contributed by atoms with Crippen molar-refractivity contribution in [3.05, 3.63) is 0 Å². The quantitative estimate of drug-likeness (QED) is 0.376. The van der Waals surface area contributed by atoms with Gasteiger partial charge in [-0.1, -0.05) is 0 Å². The molecule has 2 aliphatic heterocycles. The highest BCUT2D eigenvalue weighted by Crippen LogP contribution is 2.73. The molecule has 7 nitrogen and oxygen atoms in total. The lowest BCUT2D eigenvalue weighted by molar-refractivity contribution is -0.281. The summed E-state index contributed by atoms with van der Waals surface area (Å²) in [6.07, 6.45) is 1.46. The highest BCUT2D eigenvalue weighted by atomic mass is 16.8. The smallest absolute Gasteiger partial charge is 0.352 e. The zero-order chi connectivity index (χ0) is 17.6. The fourth-order valence-electron chi connectivity index (χ4n) is 4.31. The molecular weight excluding hydrogens is 316 g/mol. The van der Waals surface area contributed by atoms with Crippen LogP contribution in [0.4, 0.5) is 0 Å². The SMILES string of the molecule is CCOC(=O)C12OC(OCC)(CC1(OCC)OCC)C1(CC1)C2=O. The number of fused-ring (bicyclic) bond motifs is 3. The molecule has 7 heteroatoms. The van der Waals surface area contributed by atoms with Crippen LogP contribution in [0.2, 0.25) is 0 Å². The van der Waals surface area contributed by atoms with Crippen molar-refractivity contribution < 1.29 is 33.3 Å². The largest absolute Gasteiger partial charge is 0.463 e. The first-order valence-corrected chi connectivity index (χ1v) is 8.78. The van der Waals surface area contributed by atoms with E-state index >= 15 is 0 Å². The van der Waals surface area contributed by atoms with E-state index in [-0.39, 0.29) is 32.0 Å². The van der Waals surface area contributed by atoms with Crippen LogP contribution < -0.4 is 0 Å². The van der Waals surface area contributed by atoms with E-state index in [1.807, 2.05) is 6.92 Å². The standard InChI is InChI=1S/C17H26O7/c1-5-20-13(19)17-12(18)14(9-10-14)15(24-17,21-6-2)11-16(17,22-7-3)23-8-4/h5-11H2,1-4H3. The van der Waals surface area contributed by atoms with Crippen molar-refractivity contribution in [3.8, 4) is 0 Å². The zero-order valence-electron chi connectivity index (χ0n) is 14.8. The molecule has 0 aromatic heterocycles. The van der Waals surface area contributed by atoms with Gasteiger partial charge in [-0.15, -0.1) is 0 Å². The average molecular weight is 342 g/mol. The Hall–Kier alpha value is -1.02. The topological polar surface area (TPSA) is 80.3 Å². The van der Waals surface area contributed by atoms with Gasteiger partial charge in [-0.2, -0.15) is 0 Å². The minimum absolute atomic E-state index is 0.139. The number of ether oxygens (including phenoxy) is 5. The molecule has 3 rings (SSSR count). The van der Waals surface area contributed by atoms with Crippen LogP contribution in [0, 0.1) is 5.41 Å². The molecule has 0 aromatic carbocycles. The van der Waals surface area contributed by atoms with Crippen molar-refractivity contribution >= 4 is 11.8 Å². The van der Waals surface area contributed by atoms with Gasteiger partial charge in [0, 0.05) is 19.8 Å². The van der Waals surface area contributed by atoms with Crippen LogP contribution in [-0.4, -0.2) is 55.4 Å². The molecule has 0 amide bonds. The predicted molar refractivity (Wildman–Crippen MR) is 82.1 cm³/mol. The Morgan fingerprint density at radius 1 is 1.00 bits per heavy atom. The van der Waals surface area contributed by atoms with E-state index in [0.717, 1.165) is 0 Å². The molecule has 2 atom stereocenters. The number of carbonyl (C=O) groups excluding carboxylic acids is 2. The van der Waals surface area contributed by atoms with Gasteiger partial charge in [-0.3, -0.25) is 4.79 Å². The molecule has 0 radical (unpaired) electrons. The van der Waals surface area contributed by atoms with Crippen molar-refractivity contribution in [1.29, 1.82) is 0 Å². The van der Waals surface area contributed by atoms with E-state index in [4.69, 9.17) is 23.7 Å². The molecule has 3 fully saturated rings. The number of Topliss-reactive ketones (excluding diaryl/α,β-unsaturated/α-hetero) is 1. The average Bonchev–Trinajstić information content (AvgIpc) is 3.25. The zero-order valence-corrected chi connectivity index (χ0v) is 14.8. The second kappa shape index (κ2) is 5.76. The van der Waals surface area contributed by atoms with Gasteiger partial charge in [-0.25, -0.2) is 4.79 Å². The summed E-state index contributed by atoms with van der Waals surface area (Å²) in [4.78, 5) is 26.2. The Morgan fingerprint density at radius 3 is 2.04 bits per heavy atom. The third-order valence-electron chi connectivity index (χ3n) is 5.25. The molecule has 2 bridgehead atoms. The first-order chi connectivity index (χ1) is 11.4. The van der Waals surface area contributed by atoms with Gasteiger partial charge in [0.05, 0.1) is 18.4 Å². The maximum atomic E-state index is 13.4. The minimum Gasteiger partial charge on any atom is -0.463 e. The second-order valence-electron chi connectivity index (χ2n) is 6.40. The minimum atomic E-state index is -1.92. The Balaban J connectivity index is 2.14. The van der Waals surface area contributed by atoms with Crippen LogP contribution in [0.25, 0.3) is 0 Å². The summed E-state index contributed by atoms with van der Waals surface area (Å²) < 4.78 is 28.9. The monoisotopic (exact) mass is 342 g/mol. The first kappa shape index (κ1) is 17.8. The Morgan fingerprint density at radius 2 is 1.58 bits per heavy atom. The van der Waals surface area contributed by atoms with Crippen molar-refractivity contribution in [2.45, 2.75) is 64.1 Å². The number of ketones is 1. The first-order valence-electron chi connectivity index (χ1n) is 8.78. The lowest BCUT2D eigenvalue weighted by Gasteiger charge is -2.43. The van der Waals surface area contributed by atoms with Gasteiger partial charge in [0.15, 0.2) is 11.6 Å². The molecular formula is C17H26O7. The molecule has 2 saturated heterocycles. The summed E-state index contributed by atoms with van der Waals surface area (Å²) in [7, 11) is 0. The molecule has 0 aromatic rings. The third kappa shape index (κ3) is 1.87. The molecule has 0 N–H and O–H groups in total. The number of rotatable bonds is 8. The lowest BCUT2D eigenvalue weighted by atomic mass is 9.71. The van der Waals surface area contributed by atoms with Crippen molar-refractivity contribution in [1.82, 2.24) is 0 Å². The van der Waals surface area contributed by atoms with E-state index in [2.05, 4.69) is 0 Å². The van der Waals surface area contributed by atoms with Gasteiger partial charge >= 0.3 is 5.97 Å². The van der Waals surface area contributed by atoms with E-state index < -0.39 is 28.6 Å². The number of hydrogen-bond acceptors (Lipinski definition) is 7. The lowest BCUT2D eigenvalue weighted by Crippen LogP contribution is -2.67.